The Kier molecular flexibility index (Phi) is 4.88. The van der Waals surface area contributed by atoms with E-state index in [-0.39, 0.29) is 18.2 Å². The molecule has 0 saturated carbocycles. The Morgan fingerprint density at radius 3 is 2.53 bits per heavy atom. The van der Waals surface area contributed by atoms with E-state index >= 15 is 0 Å². The molecule has 0 spiro atoms. The molecule has 0 aromatic heterocycles. The number of amides is 2. The van der Waals surface area contributed by atoms with Crippen molar-refractivity contribution >= 4 is 6.03 Å². The van der Waals surface area contributed by atoms with E-state index in [0.29, 0.717) is 13.1 Å². The van der Waals surface area contributed by atoms with Gasteiger partial charge in [-0.25, -0.2) is 4.79 Å². The summed E-state index contributed by atoms with van der Waals surface area (Å²) in [6.45, 7) is 8.29. The number of unbranched alkanes of at least 4 members (excludes halogenated alkanes) is 1. The van der Waals surface area contributed by atoms with E-state index in [4.69, 9.17) is 4.74 Å². The van der Waals surface area contributed by atoms with Gasteiger partial charge in [0.25, 0.3) is 0 Å². The summed E-state index contributed by atoms with van der Waals surface area (Å²) in [6, 6.07) is 0.0467. The third kappa shape index (κ3) is 4.08. The monoisotopic (exact) mass is 214 g/mol. The Hall–Kier alpha value is -0.770. The predicted molar refractivity (Wildman–Crippen MR) is 59.9 cm³/mol. The first kappa shape index (κ1) is 12.3. The minimum atomic E-state index is 0.0467. The second-order valence-electron chi connectivity index (χ2n) is 4.25. The van der Waals surface area contributed by atoms with Gasteiger partial charge in [-0.3, -0.25) is 0 Å². The summed E-state index contributed by atoms with van der Waals surface area (Å²) in [6.07, 6.45) is 2.44. The van der Waals surface area contributed by atoms with Gasteiger partial charge in [-0.05, 0) is 20.3 Å². The van der Waals surface area contributed by atoms with Gasteiger partial charge < -0.3 is 15.0 Å². The molecule has 0 unspecified atom stereocenters. The molecule has 0 aliphatic carbocycles. The number of ether oxygens (including phenoxy) is 1. The highest BCUT2D eigenvalue weighted by Gasteiger charge is 2.25. The third-order valence-electron chi connectivity index (χ3n) is 2.51. The highest BCUT2D eigenvalue weighted by Crippen LogP contribution is 2.10. The summed E-state index contributed by atoms with van der Waals surface area (Å²) in [5.41, 5.74) is 0. The molecule has 1 N–H and O–H groups in total. The van der Waals surface area contributed by atoms with Crippen molar-refractivity contribution in [3.8, 4) is 0 Å². The van der Waals surface area contributed by atoms with E-state index in [0.717, 1.165) is 19.4 Å². The van der Waals surface area contributed by atoms with Gasteiger partial charge in [0.1, 0.15) is 0 Å². The summed E-state index contributed by atoms with van der Waals surface area (Å²) >= 11 is 0. The summed E-state index contributed by atoms with van der Waals surface area (Å²) in [5.74, 6) is 0. The molecule has 1 rings (SSSR count). The van der Waals surface area contributed by atoms with Crippen LogP contribution < -0.4 is 5.32 Å². The molecular weight excluding hydrogens is 192 g/mol. The lowest BCUT2D eigenvalue weighted by atomic mass is 10.2. The van der Waals surface area contributed by atoms with E-state index < -0.39 is 0 Å². The van der Waals surface area contributed by atoms with Crippen LogP contribution in [0.15, 0.2) is 0 Å². The average Bonchev–Trinajstić information content (AvgIpc) is 2.16. The lowest BCUT2D eigenvalue weighted by Crippen LogP contribution is -2.51. The number of carbonyl (C=O) groups excluding carboxylic acids is 1. The zero-order valence-corrected chi connectivity index (χ0v) is 9.95. The number of nitrogens with zero attached hydrogens (tertiary/aromatic N) is 1. The van der Waals surface area contributed by atoms with E-state index in [2.05, 4.69) is 12.2 Å². The van der Waals surface area contributed by atoms with Gasteiger partial charge in [0.05, 0.1) is 12.2 Å². The quantitative estimate of drug-likeness (QED) is 0.725. The van der Waals surface area contributed by atoms with Crippen LogP contribution in [0.5, 0.6) is 0 Å². The van der Waals surface area contributed by atoms with Crippen molar-refractivity contribution in [3.05, 3.63) is 0 Å². The highest BCUT2D eigenvalue weighted by molar-refractivity contribution is 5.74. The van der Waals surface area contributed by atoms with Crippen molar-refractivity contribution in [1.29, 1.82) is 0 Å². The van der Waals surface area contributed by atoms with Crippen molar-refractivity contribution in [1.82, 2.24) is 10.2 Å². The van der Waals surface area contributed by atoms with Crippen molar-refractivity contribution in [3.63, 3.8) is 0 Å². The van der Waals surface area contributed by atoms with Gasteiger partial charge >= 0.3 is 6.03 Å². The van der Waals surface area contributed by atoms with Crippen LogP contribution in [-0.4, -0.2) is 42.8 Å². The van der Waals surface area contributed by atoms with E-state index in [1.54, 1.807) is 0 Å². The second-order valence-corrected chi connectivity index (χ2v) is 4.25. The maximum Gasteiger partial charge on any atom is 0.317 e. The molecule has 0 radical (unpaired) electrons. The Labute approximate surface area is 92.0 Å². The Balaban J connectivity index is 2.31. The summed E-state index contributed by atoms with van der Waals surface area (Å²) in [4.78, 5) is 13.6. The van der Waals surface area contributed by atoms with Crippen molar-refractivity contribution in [2.75, 3.05) is 19.6 Å². The minimum Gasteiger partial charge on any atom is -0.372 e. The van der Waals surface area contributed by atoms with Crippen molar-refractivity contribution in [2.24, 2.45) is 0 Å². The average molecular weight is 214 g/mol. The van der Waals surface area contributed by atoms with Crippen LogP contribution in [0.1, 0.15) is 33.6 Å². The Morgan fingerprint density at radius 1 is 1.40 bits per heavy atom. The molecule has 4 heteroatoms. The molecule has 1 aliphatic rings. The lowest BCUT2D eigenvalue weighted by Gasteiger charge is -2.35. The number of nitrogens with one attached hydrogen (secondary N) is 1. The number of morpholine rings is 1. The number of urea groups is 1. The fraction of sp³-hybridized carbons (Fsp3) is 0.909. The zero-order chi connectivity index (χ0) is 11.3. The molecule has 0 bridgehead atoms. The summed E-state index contributed by atoms with van der Waals surface area (Å²) in [7, 11) is 0. The predicted octanol–water partition coefficient (Wildman–Crippen LogP) is 1.61. The van der Waals surface area contributed by atoms with Crippen LogP contribution in [0.4, 0.5) is 4.79 Å². The Morgan fingerprint density at radius 2 is 2.00 bits per heavy atom. The standard InChI is InChI=1S/C11H22N2O2/c1-4-5-6-12-11(14)13-7-9(2)15-10(3)8-13/h9-10H,4-8H2,1-3H3,(H,12,14)/t9-,10-/m1/s1. The summed E-state index contributed by atoms with van der Waals surface area (Å²) in [5, 5.41) is 2.93. The largest absolute Gasteiger partial charge is 0.372 e. The van der Waals surface area contributed by atoms with Gasteiger partial charge in [-0.2, -0.15) is 0 Å². The van der Waals surface area contributed by atoms with Crippen LogP contribution in [-0.2, 0) is 4.74 Å². The van der Waals surface area contributed by atoms with Crippen molar-refractivity contribution in [2.45, 2.75) is 45.8 Å². The molecule has 2 atom stereocenters. The topological polar surface area (TPSA) is 41.6 Å². The molecular formula is C11H22N2O2. The molecule has 1 heterocycles. The van der Waals surface area contributed by atoms with Crippen LogP contribution in [0.25, 0.3) is 0 Å². The van der Waals surface area contributed by atoms with E-state index in [9.17, 15) is 4.79 Å². The summed E-state index contributed by atoms with van der Waals surface area (Å²) < 4.78 is 5.57. The molecule has 15 heavy (non-hydrogen) atoms. The molecule has 88 valence electrons. The molecule has 0 aromatic carbocycles. The van der Waals surface area contributed by atoms with Crippen molar-refractivity contribution < 1.29 is 9.53 Å². The first-order valence-corrected chi connectivity index (χ1v) is 5.81. The number of rotatable bonds is 3. The maximum absolute atomic E-state index is 11.7. The van der Waals surface area contributed by atoms with Crippen LogP contribution in [0, 0.1) is 0 Å². The van der Waals surface area contributed by atoms with Gasteiger partial charge in [-0.15, -0.1) is 0 Å². The highest BCUT2D eigenvalue weighted by atomic mass is 16.5. The van der Waals surface area contributed by atoms with Crippen LogP contribution in [0.2, 0.25) is 0 Å². The van der Waals surface area contributed by atoms with Crippen LogP contribution in [0.3, 0.4) is 0 Å². The first-order valence-electron chi connectivity index (χ1n) is 5.81. The molecule has 1 saturated heterocycles. The third-order valence-corrected chi connectivity index (χ3v) is 2.51. The lowest BCUT2D eigenvalue weighted by molar-refractivity contribution is -0.0545. The van der Waals surface area contributed by atoms with E-state index in [1.807, 2.05) is 18.7 Å². The number of carbonyl (C=O) groups is 1. The van der Waals surface area contributed by atoms with Gasteiger partial charge in [0, 0.05) is 19.6 Å². The minimum absolute atomic E-state index is 0.0467. The fourth-order valence-electron chi connectivity index (χ4n) is 1.83. The molecule has 2 amide bonds. The Bertz CT molecular complexity index is 199. The van der Waals surface area contributed by atoms with Gasteiger partial charge in [0.2, 0.25) is 0 Å². The van der Waals surface area contributed by atoms with Crippen LogP contribution >= 0.6 is 0 Å². The molecule has 1 fully saturated rings. The normalized spacial score (nSPS) is 26.5. The number of hydrogen-bond acceptors (Lipinski definition) is 2. The molecule has 1 aliphatic heterocycles. The maximum atomic E-state index is 11.7. The smallest absolute Gasteiger partial charge is 0.317 e. The molecule has 0 aromatic rings. The van der Waals surface area contributed by atoms with E-state index in [1.165, 1.54) is 0 Å². The fourth-order valence-corrected chi connectivity index (χ4v) is 1.83. The van der Waals surface area contributed by atoms with Gasteiger partial charge in [0.15, 0.2) is 0 Å². The zero-order valence-electron chi connectivity index (χ0n) is 9.95. The van der Waals surface area contributed by atoms with Gasteiger partial charge in [-0.1, -0.05) is 13.3 Å². The number of hydrogen-bond donors (Lipinski definition) is 1. The molecule has 4 nitrogen and oxygen atoms in total. The first-order chi connectivity index (χ1) is 7.13. The SMILES string of the molecule is CCCCNC(=O)N1C[C@@H](C)O[C@H](C)C1. The second kappa shape index (κ2) is 5.95.